The van der Waals surface area contributed by atoms with E-state index in [2.05, 4.69) is 27.4 Å². The van der Waals surface area contributed by atoms with E-state index in [0.29, 0.717) is 12.6 Å². The number of rotatable bonds is 3. The van der Waals surface area contributed by atoms with Gasteiger partial charge in [-0.25, -0.2) is 0 Å². The van der Waals surface area contributed by atoms with Crippen LogP contribution in [0.4, 0.5) is 0 Å². The summed E-state index contributed by atoms with van der Waals surface area (Å²) in [6.07, 6.45) is 2.32. The molecule has 5 nitrogen and oxygen atoms in total. The van der Waals surface area contributed by atoms with Crippen LogP contribution in [-0.4, -0.2) is 43.1 Å². The predicted molar refractivity (Wildman–Crippen MR) is 61.4 cm³/mol. The number of hydrogen-bond donors (Lipinski definition) is 2. The second-order valence-corrected chi connectivity index (χ2v) is 3.78. The molecule has 0 aromatic rings. The molecule has 1 aliphatic heterocycles. The van der Waals surface area contributed by atoms with Crippen molar-refractivity contribution in [2.75, 3.05) is 26.2 Å². The van der Waals surface area contributed by atoms with E-state index in [1.807, 2.05) is 6.92 Å². The number of nitrogens with one attached hydrogen (secondary N) is 2. The van der Waals surface area contributed by atoms with Gasteiger partial charge in [-0.15, -0.1) is 5.11 Å². The van der Waals surface area contributed by atoms with E-state index in [9.17, 15) is 0 Å². The number of hydrogen-bond acceptors (Lipinski definition) is 3. The fourth-order valence-corrected chi connectivity index (χ4v) is 1.82. The first kappa shape index (κ1) is 12.1. The lowest BCUT2D eigenvalue weighted by atomic mass is 10.1. The fraction of sp³-hybridized carbons (Fsp3) is 0.900. The van der Waals surface area contributed by atoms with Crippen molar-refractivity contribution in [2.45, 2.75) is 32.7 Å². The minimum Gasteiger partial charge on any atom is -0.349 e. The van der Waals surface area contributed by atoms with Crippen molar-refractivity contribution < 1.29 is 0 Å². The first-order valence-corrected chi connectivity index (χ1v) is 5.71. The van der Waals surface area contributed by atoms with Crippen molar-refractivity contribution in [3.8, 4) is 0 Å². The lowest BCUT2D eigenvalue weighted by Crippen LogP contribution is -2.46. The van der Waals surface area contributed by atoms with E-state index in [4.69, 9.17) is 5.41 Å². The van der Waals surface area contributed by atoms with Crippen LogP contribution in [-0.2, 0) is 0 Å². The molecule has 0 amide bonds. The van der Waals surface area contributed by atoms with E-state index in [-0.39, 0.29) is 5.96 Å². The molecule has 0 unspecified atom stereocenters. The Morgan fingerprint density at radius 2 is 2.33 bits per heavy atom. The fourth-order valence-electron chi connectivity index (χ4n) is 1.82. The molecular formula is C10H21N5. The zero-order valence-corrected chi connectivity index (χ0v) is 9.66. The molecule has 0 saturated carbocycles. The van der Waals surface area contributed by atoms with E-state index in [1.165, 1.54) is 13.0 Å². The minimum atomic E-state index is 0.194. The molecule has 0 aliphatic carbocycles. The summed E-state index contributed by atoms with van der Waals surface area (Å²) in [7, 11) is 0. The average molecular weight is 211 g/mol. The van der Waals surface area contributed by atoms with Gasteiger partial charge in [0.15, 0.2) is 0 Å². The molecule has 1 heterocycles. The molecule has 2 N–H and O–H groups in total. The second kappa shape index (κ2) is 6.50. The van der Waals surface area contributed by atoms with E-state index >= 15 is 0 Å². The maximum Gasteiger partial charge on any atom is 0.235 e. The highest BCUT2D eigenvalue weighted by Gasteiger charge is 2.18. The third-order valence-corrected chi connectivity index (χ3v) is 2.61. The Hall–Kier alpha value is -0.970. The first-order chi connectivity index (χ1) is 7.26. The third-order valence-electron chi connectivity index (χ3n) is 2.61. The Bertz CT molecular complexity index is 226. The Kier molecular flexibility index (Phi) is 5.25. The highest BCUT2D eigenvalue weighted by molar-refractivity contribution is 5.77. The van der Waals surface area contributed by atoms with Crippen molar-refractivity contribution in [3.63, 3.8) is 0 Å². The highest BCUT2D eigenvalue weighted by atomic mass is 15.2. The number of likely N-dealkylation sites (tertiary alicyclic amines) is 1. The van der Waals surface area contributed by atoms with Gasteiger partial charge < -0.3 is 10.2 Å². The van der Waals surface area contributed by atoms with Gasteiger partial charge >= 0.3 is 0 Å². The summed E-state index contributed by atoms with van der Waals surface area (Å²) in [5.74, 6) is 0.194. The monoisotopic (exact) mass is 211 g/mol. The minimum absolute atomic E-state index is 0.194. The molecule has 0 aromatic heterocycles. The lowest BCUT2D eigenvalue weighted by molar-refractivity contribution is 0.210. The Balaban J connectivity index is 2.31. The van der Waals surface area contributed by atoms with Crippen LogP contribution < -0.4 is 5.32 Å². The molecule has 1 fully saturated rings. The van der Waals surface area contributed by atoms with Crippen LogP contribution in [0.3, 0.4) is 0 Å². The summed E-state index contributed by atoms with van der Waals surface area (Å²) >= 11 is 0. The molecule has 0 spiro atoms. The summed E-state index contributed by atoms with van der Waals surface area (Å²) < 4.78 is 0. The Morgan fingerprint density at radius 1 is 1.53 bits per heavy atom. The normalized spacial score (nSPS) is 23.2. The van der Waals surface area contributed by atoms with Crippen molar-refractivity contribution >= 4 is 5.96 Å². The van der Waals surface area contributed by atoms with Crippen molar-refractivity contribution in [3.05, 3.63) is 0 Å². The number of guanidine groups is 1. The topological polar surface area (TPSA) is 63.8 Å². The SMILES string of the molecule is CC/N=N\C(=N)N[C@@H]1CCCN(CC)C1. The number of azo groups is 1. The van der Waals surface area contributed by atoms with Gasteiger partial charge in [0, 0.05) is 12.6 Å². The van der Waals surface area contributed by atoms with E-state index in [0.717, 1.165) is 19.5 Å². The van der Waals surface area contributed by atoms with Crippen LogP contribution >= 0.6 is 0 Å². The van der Waals surface area contributed by atoms with Crippen LogP contribution in [0.25, 0.3) is 0 Å². The molecule has 86 valence electrons. The Labute approximate surface area is 91.5 Å². The molecule has 1 saturated heterocycles. The average Bonchev–Trinajstić information content (AvgIpc) is 2.26. The zero-order valence-electron chi connectivity index (χ0n) is 9.66. The molecular weight excluding hydrogens is 190 g/mol. The van der Waals surface area contributed by atoms with Crippen molar-refractivity contribution in [1.82, 2.24) is 10.2 Å². The maximum atomic E-state index is 7.56. The first-order valence-electron chi connectivity index (χ1n) is 5.71. The number of likely N-dealkylation sites (N-methyl/N-ethyl adjacent to an activating group) is 1. The van der Waals surface area contributed by atoms with Gasteiger partial charge in [0.1, 0.15) is 0 Å². The van der Waals surface area contributed by atoms with Gasteiger partial charge in [-0.05, 0) is 32.9 Å². The number of nitrogens with zero attached hydrogens (tertiary/aromatic N) is 3. The molecule has 1 atom stereocenters. The number of piperidine rings is 1. The molecule has 15 heavy (non-hydrogen) atoms. The van der Waals surface area contributed by atoms with Crippen LogP contribution in [0.15, 0.2) is 10.2 Å². The molecule has 0 bridgehead atoms. The van der Waals surface area contributed by atoms with Gasteiger partial charge in [-0.3, -0.25) is 5.41 Å². The van der Waals surface area contributed by atoms with Crippen molar-refractivity contribution in [2.24, 2.45) is 10.2 Å². The second-order valence-electron chi connectivity index (χ2n) is 3.78. The molecule has 5 heteroatoms. The largest absolute Gasteiger partial charge is 0.349 e. The molecule has 1 rings (SSSR count). The summed E-state index contributed by atoms with van der Waals surface area (Å²) in [6.45, 7) is 8.00. The van der Waals surface area contributed by atoms with Gasteiger partial charge in [0.25, 0.3) is 0 Å². The van der Waals surface area contributed by atoms with Crippen LogP contribution in [0, 0.1) is 5.41 Å². The zero-order chi connectivity index (χ0) is 11.1. The summed E-state index contributed by atoms with van der Waals surface area (Å²) in [5.41, 5.74) is 0. The van der Waals surface area contributed by atoms with E-state index in [1.54, 1.807) is 0 Å². The summed E-state index contributed by atoms with van der Waals surface area (Å²) in [6, 6.07) is 0.363. The van der Waals surface area contributed by atoms with Gasteiger partial charge in [-0.1, -0.05) is 6.92 Å². The molecule has 1 aliphatic rings. The summed E-state index contributed by atoms with van der Waals surface area (Å²) in [5, 5.41) is 18.2. The van der Waals surface area contributed by atoms with Gasteiger partial charge in [0.2, 0.25) is 5.96 Å². The maximum absolute atomic E-state index is 7.56. The van der Waals surface area contributed by atoms with E-state index < -0.39 is 0 Å². The van der Waals surface area contributed by atoms with Gasteiger partial charge in [0.05, 0.1) is 6.54 Å². The lowest BCUT2D eigenvalue weighted by Gasteiger charge is -2.32. The van der Waals surface area contributed by atoms with Crippen molar-refractivity contribution in [1.29, 1.82) is 5.41 Å². The molecule has 0 radical (unpaired) electrons. The van der Waals surface area contributed by atoms with Crippen LogP contribution in [0.1, 0.15) is 26.7 Å². The molecule has 0 aromatic carbocycles. The predicted octanol–water partition coefficient (Wildman–Crippen LogP) is 1.47. The quantitative estimate of drug-likeness (QED) is 0.422. The smallest absolute Gasteiger partial charge is 0.235 e. The standard InChI is InChI=1S/C10H21N5/c1-3-12-14-10(11)13-9-6-5-7-15(4-2)8-9/h9H,3-8H2,1-2H3,(H2,11,13)/b14-12-/t9-/m1/s1. The Morgan fingerprint density at radius 3 is 3.00 bits per heavy atom. The van der Waals surface area contributed by atoms with Crippen LogP contribution in [0.5, 0.6) is 0 Å². The van der Waals surface area contributed by atoms with Crippen LogP contribution in [0.2, 0.25) is 0 Å². The van der Waals surface area contributed by atoms with Gasteiger partial charge in [-0.2, -0.15) is 5.11 Å². The summed E-state index contributed by atoms with van der Waals surface area (Å²) in [4.78, 5) is 2.39. The highest BCUT2D eigenvalue weighted by Crippen LogP contribution is 2.09. The third kappa shape index (κ3) is 4.38.